The normalized spacial score (nSPS) is 19.6. The van der Waals surface area contributed by atoms with Crippen LogP contribution in [0.4, 0.5) is 0 Å². The first-order valence-corrected chi connectivity index (χ1v) is 11.0. The molecule has 3 heterocycles. The monoisotopic (exact) mass is 415 g/mol. The van der Waals surface area contributed by atoms with Crippen molar-refractivity contribution in [2.45, 2.75) is 25.0 Å². The van der Waals surface area contributed by atoms with Crippen LogP contribution in [0.25, 0.3) is 11.4 Å². The molecule has 10 nitrogen and oxygen atoms in total. The Hall–Kier alpha value is -3.05. The highest BCUT2D eigenvalue weighted by Crippen LogP contribution is 2.31. The van der Waals surface area contributed by atoms with Crippen LogP contribution in [0.1, 0.15) is 18.3 Å². The van der Waals surface area contributed by atoms with E-state index in [0.717, 1.165) is 11.8 Å². The lowest BCUT2D eigenvalue weighted by atomic mass is 10.1. The van der Waals surface area contributed by atoms with Gasteiger partial charge in [0, 0.05) is 30.5 Å². The molecule has 1 saturated heterocycles. The minimum atomic E-state index is -3.40. The van der Waals surface area contributed by atoms with E-state index in [9.17, 15) is 13.2 Å². The molecule has 4 rings (SSSR count). The van der Waals surface area contributed by atoms with Crippen LogP contribution >= 0.6 is 0 Å². The first-order chi connectivity index (χ1) is 13.9. The number of carbonyl (C=O) groups excluding carboxylic acids is 1. The second-order valence-corrected chi connectivity index (χ2v) is 8.81. The second-order valence-electron chi connectivity index (χ2n) is 7.03. The standard InChI is InChI=1S/C18H21N7O3S/c1-29(27,28)23-14-9-15(25(10-14)16(26)11-24-8-7-19-12-24)18-20-17(21-22-18)13-5-3-2-4-6-13/h2-8,12,14-15,23H,9-11H2,1H3,(H,20,21,22)/t14-,15-/m0/s1. The van der Waals surface area contributed by atoms with E-state index in [4.69, 9.17) is 0 Å². The Morgan fingerprint density at radius 1 is 1.31 bits per heavy atom. The Balaban J connectivity index is 1.59. The van der Waals surface area contributed by atoms with E-state index in [1.165, 1.54) is 0 Å². The molecule has 0 unspecified atom stereocenters. The Morgan fingerprint density at radius 2 is 2.10 bits per heavy atom. The molecule has 2 aromatic heterocycles. The molecule has 3 aromatic rings. The molecule has 29 heavy (non-hydrogen) atoms. The number of carbonyl (C=O) groups is 1. The van der Waals surface area contributed by atoms with Gasteiger partial charge >= 0.3 is 0 Å². The number of sulfonamides is 1. The summed E-state index contributed by atoms with van der Waals surface area (Å²) >= 11 is 0. The van der Waals surface area contributed by atoms with Gasteiger partial charge in [-0.3, -0.25) is 9.89 Å². The SMILES string of the molecule is CS(=O)(=O)N[C@H]1C[C@@H](c2nc(-c3ccccc3)n[nH]2)N(C(=O)Cn2ccnc2)C1. The van der Waals surface area contributed by atoms with Gasteiger partial charge in [-0.2, -0.15) is 5.10 Å². The lowest BCUT2D eigenvalue weighted by molar-refractivity contribution is -0.133. The topological polar surface area (TPSA) is 126 Å². The van der Waals surface area contributed by atoms with Crippen molar-refractivity contribution < 1.29 is 13.2 Å². The molecule has 2 atom stereocenters. The summed E-state index contributed by atoms with van der Waals surface area (Å²) < 4.78 is 27.6. The summed E-state index contributed by atoms with van der Waals surface area (Å²) in [5, 5.41) is 7.19. The number of imidazole rings is 1. The molecule has 0 aliphatic carbocycles. The van der Waals surface area contributed by atoms with Crippen molar-refractivity contribution in [3.63, 3.8) is 0 Å². The van der Waals surface area contributed by atoms with Crippen LogP contribution < -0.4 is 4.72 Å². The third kappa shape index (κ3) is 4.51. The van der Waals surface area contributed by atoms with Gasteiger partial charge in [0.05, 0.1) is 18.6 Å². The predicted molar refractivity (Wildman–Crippen MR) is 105 cm³/mol. The maximum absolute atomic E-state index is 12.9. The number of likely N-dealkylation sites (tertiary alicyclic amines) is 1. The lowest BCUT2D eigenvalue weighted by Gasteiger charge is -2.23. The Morgan fingerprint density at radius 3 is 2.79 bits per heavy atom. The van der Waals surface area contributed by atoms with Gasteiger partial charge in [-0.25, -0.2) is 23.1 Å². The van der Waals surface area contributed by atoms with Crippen LogP contribution in [-0.4, -0.2) is 62.8 Å². The molecule has 0 radical (unpaired) electrons. The average molecular weight is 415 g/mol. The van der Waals surface area contributed by atoms with E-state index in [0.29, 0.717) is 18.1 Å². The highest BCUT2D eigenvalue weighted by atomic mass is 32.2. The molecule has 0 spiro atoms. The predicted octanol–water partition coefficient (Wildman–Crippen LogP) is 0.560. The smallest absolute Gasteiger partial charge is 0.243 e. The summed E-state index contributed by atoms with van der Waals surface area (Å²) in [4.78, 5) is 23.1. The van der Waals surface area contributed by atoms with E-state index < -0.39 is 22.1 Å². The van der Waals surface area contributed by atoms with Crippen molar-refractivity contribution in [1.29, 1.82) is 0 Å². The van der Waals surface area contributed by atoms with Crippen LogP contribution in [0, 0.1) is 0 Å². The number of amides is 1. The number of H-pyrrole nitrogens is 1. The van der Waals surface area contributed by atoms with Gasteiger partial charge in [0.25, 0.3) is 0 Å². The molecule has 1 aromatic carbocycles. The van der Waals surface area contributed by atoms with E-state index in [1.807, 2.05) is 30.3 Å². The first-order valence-electron chi connectivity index (χ1n) is 9.09. The Kier molecular flexibility index (Phi) is 5.16. The number of aromatic amines is 1. The number of nitrogens with zero attached hydrogens (tertiary/aromatic N) is 5. The van der Waals surface area contributed by atoms with Crippen molar-refractivity contribution in [2.75, 3.05) is 12.8 Å². The van der Waals surface area contributed by atoms with E-state index >= 15 is 0 Å². The minimum absolute atomic E-state index is 0.113. The third-order valence-corrected chi connectivity index (χ3v) is 5.49. The summed E-state index contributed by atoms with van der Waals surface area (Å²) in [6, 6.07) is 8.70. The zero-order valence-corrected chi connectivity index (χ0v) is 16.6. The zero-order chi connectivity index (χ0) is 20.4. The third-order valence-electron chi connectivity index (χ3n) is 4.73. The van der Waals surface area contributed by atoms with Crippen molar-refractivity contribution in [1.82, 2.24) is 34.4 Å². The minimum Gasteiger partial charge on any atom is -0.329 e. The molecule has 1 aliphatic heterocycles. The Bertz CT molecular complexity index is 1080. The lowest BCUT2D eigenvalue weighted by Crippen LogP contribution is -2.39. The molecule has 1 aliphatic rings. The van der Waals surface area contributed by atoms with E-state index in [2.05, 4.69) is 24.9 Å². The number of nitrogens with one attached hydrogen (secondary N) is 2. The number of hydrogen-bond donors (Lipinski definition) is 2. The summed E-state index contributed by atoms with van der Waals surface area (Å²) in [6.45, 7) is 0.369. The molecule has 1 fully saturated rings. The van der Waals surface area contributed by atoms with Crippen molar-refractivity contribution >= 4 is 15.9 Å². The first kappa shape index (κ1) is 19.3. The number of benzene rings is 1. The van der Waals surface area contributed by atoms with Crippen LogP contribution in [0.5, 0.6) is 0 Å². The van der Waals surface area contributed by atoms with Crippen molar-refractivity contribution in [2.24, 2.45) is 0 Å². The van der Waals surface area contributed by atoms with E-state index in [1.54, 1.807) is 28.2 Å². The van der Waals surface area contributed by atoms with Gasteiger partial charge in [0.2, 0.25) is 15.9 Å². The molecule has 1 amide bonds. The average Bonchev–Trinajstić information content (AvgIpc) is 3.41. The van der Waals surface area contributed by atoms with Crippen LogP contribution in [0.3, 0.4) is 0 Å². The Labute approximate surface area is 168 Å². The van der Waals surface area contributed by atoms with Gasteiger partial charge in [-0.05, 0) is 6.42 Å². The largest absolute Gasteiger partial charge is 0.329 e. The quantitative estimate of drug-likeness (QED) is 0.606. The number of rotatable bonds is 6. The van der Waals surface area contributed by atoms with Gasteiger partial charge < -0.3 is 9.47 Å². The zero-order valence-electron chi connectivity index (χ0n) is 15.8. The van der Waals surface area contributed by atoms with Crippen molar-refractivity contribution in [3.8, 4) is 11.4 Å². The van der Waals surface area contributed by atoms with Gasteiger partial charge in [0.15, 0.2) is 5.82 Å². The fraction of sp³-hybridized carbons (Fsp3) is 0.333. The molecule has 0 bridgehead atoms. The molecule has 2 N–H and O–H groups in total. The molecule has 0 saturated carbocycles. The van der Waals surface area contributed by atoms with Gasteiger partial charge in [0.1, 0.15) is 12.4 Å². The highest BCUT2D eigenvalue weighted by molar-refractivity contribution is 7.88. The summed E-state index contributed by atoms with van der Waals surface area (Å²) in [5.74, 6) is 0.909. The fourth-order valence-corrected chi connectivity index (χ4v) is 4.30. The van der Waals surface area contributed by atoms with Gasteiger partial charge in [-0.15, -0.1) is 0 Å². The molecule has 152 valence electrons. The van der Waals surface area contributed by atoms with Crippen LogP contribution in [-0.2, 0) is 21.4 Å². The number of hydrogen-bond acceptors (Lipinski definition) is 6. The fourth-order valence-electron chi connectivity index (χ4n) is 3.53. The molecular weight excluding hydrogens is 394 g/mol. The maximum atomic E-state index is 12.9. The molecular formula is C18H21N7O3S. The summed E-state index contributed by atoms with van der Waals surface area (Å²) in [6.07, 6.45) is 6.39. The van der Waals surface area contributed by atoms with Gasteiger partial charge in [-0.1, -0.05) is 30.3 Å². The molecule has 11 heteroatoms. The second kappa shape index (κ2) is 7.76. The van der Waals surface area contributed by atoms with Crippen molar-refractivity contribution in [3.05, 3.63) is 54.9 Å². The highest BCUT2D eigenvalue weighted by Gasteiger charge is 2.39. The van der Waals surface area contributed by atoms with E-state index in [-0.39, 0.29) is 19.0 Å². The van der Waals surface area contributed by atoms with Crippen LogP contribution in [0.2, 0.25) is 0 Å². The number of aromatic nitrogens is 5. The maximum Gasteiger partial charge on any atom is 0.243 e. The summed E-state index contributed by atoms with van der Waals surface area (Å²) in [7, 11) is -3.40. The van der Waals surface area contributed by atoms with Crippen LogP contribution in [0.15, 0.2) is 49.1 Å². The summed E-state index contributed by atoms with van der Waals surface area (Å²) in [5.41, 5.74) is 0.857.